The van der Waals surface area contributed by atoms with E-state index < -0.39 is 54.3 Å². The average Bonchev–Trinajstić information content (AvgIpc) is 2.97. The first kappa shape index (κ1) is 33.4. The molecule has 0 bridgehead atoms. The lowest BCUT2D eigenvalue weighted by Crippen LogP contribution is -2.48. The molecule has 13 heteroatoms. The van der Waals surface area contributed by atoms with Gasteiger partial charge >= 0.3 is 18.4 Å². The van der Waals surface area contributed by atoms with Crippen molar-refractivity contribution in [1.29, 1.82) is 5.26 Å². The maximum absolute atomic E-state index is 13.6. The van der Waals surface area contributed by atoms with Crippen LogP contribution in [0.4, 0.5) is 42.6 Å². The smallest absolute Gasteiger partial charge is 0.416 e. The number of anilines is 2. The van der Waals surface area contributed by atoms with Gasteiger partial charge in [-0.2, -0.15) is 31.6 Å². The van der Waals surface area contributed by atoms with Crippen LogP contribution >= 0.6 is 0 Å². The van der Waals surface area contributed by atoms with Gasteiger partial charge in [0.2, 0.25) is 0 Å². The number of amides is 1. The van der Waals surface area contributed by atoms with Gasteiger partial charge in [-0.25, -0.2) is 9.78 Å². The van der Waals surface area contributed by atoms with Crippen LogP contribution in [0.1, 0.15) is 73.2 Å². The molecule has 1 amide bonds. The molecule has 2 aromatic carbocycles. The molecule has 0 saturated carbocycles. The van der Waals surface area contributed by atoms with Crippen LogP contribution in [0.5, 0.6) is 0 Å². The number of halogens is 6. The molecule has 1 aliphatic rings. The van der Waals surface area contributed by atoms with E-state index in [2.05, 4.69) is 5.32 Å². The first-order valence-corrected chi connectivity index (χ1v) is 14.4. The minimum Gasteiger partial charge on any atom is -0.446 e. The van der Waals surface area contributed by atoms with Crippen LogP contribution in [0.2, 0.25) is 0 Å². The van der Waals surface area contributed by atoms with Crippen molar-refractivity contribution >= 4 is 17.6 Å². The molecule has 0 fully saturated rings. The van der Waals surface area contributed by atoms with Crippen molar-refractivity contribution in [3.05, 3.63) is 88.1 Å². The second kappa shape index (κ2) is 13.3. The molecule has 4 rings (SSSR count). The van der Waals surface area contributed by atoms with E-state index in [1.54, 1.807) is 26.8 Å². The molecule has 7 nitrogen and oxygen atoms in total. The second-order valence-corrected chi connectivity index (χ2v) is 11.2. The van der Waals surface area contributed by atoms with Crippen molar-refractivity contribution in [3.63, 3.8) is 0 Å². The molecule has 1 aromatic heterocycles. The largest absolute Gasteiger partial charge is 0.446 e. The molecule has 2 heterocycles. The minimum atomic E-state index is -5.03. The SMILES string of the molecule is CC[C@H]1C[C@@H](N(C#N)Cc2cc(C(F)(F)F)cc(C(F)(F)F)c2)c2nc(NCc3ccccc3)c(C)cc2N1C(=O)OC(C)C. The Morgan fingerprint density at radius 1 is 1.07 bits per heavy atom. The maximum atomic E-state index is 13.6. The zero-order chi connectivity index (χ0) is 33.1. The number of nitrogens with zero attached hydrogens (tertiary/aromatic N) is 4. The zero-order valence-electron chi connectivity index (χ0n) is 25.1. The van der Waals surface area contributed by atoms with E-state index in [1.165, 1.54) is 4.90 Å². The number of nitriles is 1. The molecule has 0 saturated heterocycles. The molecule has 0 spiro atoms. The van der Waals surface area contributed by atoms with E-state index in [1.807, 2.05) is 43.4 Å². The highest BCUT2D eigenvalue weighted by Crippen LogP contribution is 2.43. The lowest BCUT2D eigenvalue weighted by molar-refractivity contribution is -0.143. The number of hydrogen-bond acceptors (Lipinski definition) is 6. The molecule has 240 valence electrons. The molecular formula is C32H33F6N5O2. The summed E-state index contributed by atoms with van der Waals surface area (Å²) >= 11 is 0. The number of fused-ring (bicyclic) bond motifs is 1. The number of rotatable bonds is 8. The summed E-state index contributed by atoms with van der Waals surface area (Å²) in [6.07, 6.45) is -8.61. The Bertz CT molecular complexity index is 1520. The van der Waals surface area contributed by atoms with Crippen molar-refractivity contribution in [2.45, 2.75) is 84.2 Å². The van der Waals surface area contributed by atoms with Gasteiger partial charge in [0.1, 0.15) is 5.82 Å². The van der Waals surface area contributed by atoms with Crippen LogP contribution in [-0.4, -0.2) is 28.1 Å². The molecule has 45 heavy (non-hydrogen) atoms. The van der Waals surface area contributed by atoms with Crippen molar-refractivity contribution in [2.24, 2.45) is 0 Å². The molecule has 0 unspecified atom stereocenters. The van der Waals surface area contributed by atoms with Gasteiger partial charge in [0.05, 0.1) is 41.2 Å². The van der Waals surface area contributed by atoms with E-state index in [-0.39, 0.29) is 23.7 Å². The number of nitrogens with one attached hydrogen (secondary N) is 1. The van der Waals surface area contributed by atoms with Crippen LogP contribution < -0.4 is 10.2 Å². The number of carbonyl (C=O) groups is 1. The second-order valence-electron chi connectivity index (χ2n) is 11.2. The fourth-order valence-electron chi connectivity index (χ4n) is 5.34. The van der Waals surface area contributed by atoms with Crippen LogP contribution in [0.3, 0.4) is 0 Å². The Balaban J connectivity index is 1.80. The normalized spacial score (nSPS) is 16.6. The highest BCUT2D eigenvalue weighted by Gasteiger charge is 2.41. The summed E-state index contributed by atoms with van der Waals surface area (Å²) in [4.78, 5) is 20.7. The van der Waals surface area contributed by atoms with E-state index in [0.29, 0.717) is 42.2 Å². The summed E-state index contributed by atoms with van der Waals surface area (Å²) in [5, 5.41) is 13.5. The van der Waals surface area contributed by atoms with E-state index in [9.17, 15) is 36.4 Å². The number of pyridine rings is 1. The Hall–Kier alpha value is -4.47. The highest BCUT2D eigenvalue weighted by atomic mass is 19.4. The van der Waals surface area contributed by atoms with Crippen molar-refractivity contribution in [1.82, 2.24) is 9.88 Å². The Morgan fingerprint density at radius 2 is 1.69 bits per heavy atom. The van der Waals surface area contributed by atoms with Crippen molar-refractivity contribution in [3.8, 4) is 6.19 Å². The first-order valence-electron chi connectivity index (χ1n) is 14.4. The van der Waals surface area contributed by atoms with Crippen LogP contribution in [0, 0.1) is 18.4 Å². The maximum Gasteiger partial charge on any atom is 0.416 e. The lowest BCUT2D eigenvalue weighted by Gasteiger charge is -2.42. The van der Waals surface area contributed by atoms with Gasteiger partial charge in [0.25, 0.3) is 0 Å². The van der Waals surface area contributed by atoms with Gasteiger partial charge < -0.3 is 10.1 Å². The van der Waals surface area contributed by atoms with Crippen LogP contribution in [0.15, 0.2) is 54.6 Å². The molecule has 1 aliphatic heterocycles. The Kier molecular flexibility index (Phi) is 9.85. The number of carbonyl (C=O) groups excluding carboxylic acids is 1. The number of aromatic nitrogens is 1. The summed E-state index contributed by atoms with van der Waals surface area (Å²) < 4.78 is 87.0. The highest BCUT2D eigenvalue weighted by molar-refractivity contribution is 5.90. The van der Waals surface area contributed by atoms with Crippen molar-refractivity contribution in [2.75, 3.05) is 10.2 Å². The number of aryl methyl sites for hydroxylation is 1. The lowest BCUT2D eigenvalue weighted by atomic mass is 9.91. The average molecular weight is 634 g/mol. The zero-order valence-corrected chi connectivity index (χ0v) is 25.1. The Labute approximate surface area is 257 Å². The van der Waals surface area contributed by atoms with Gasteiger partial charge in [-0.15, -0.1) is 0 Å². The standard InChI is InChI=1S/C32H33F6N5O2/c1-5-25-15-26(42(18-39)17-22-12-23(31(33,34)35)14-24(13-22)32(36,37)38)28-27(43(25)30(44)45-19(2)3)11-20(4)29(41-28)40-16-21-9-7-6-8-10-21/h6-14,19,25-26H,5,15-17H2,1-4H3,(H,40,41)/t25-,26+/m0/s1. The molecule has 3 aromatic rings. The first-order chi connectivity index (χ1) is 21.1. The molecular weight excluding hydrogens is 600 g/mol. The third-order valence-electron chi connectivity index (χ3n) is 7.47. The topological polar surface area (TPSA) is 81.5 Å². The van der Waals surface area contributed by atoms with Gasteiger partial charge in [-0.3, -0.25) is 9.80 Å². The monoisotopic (exact) mass is 633 g/mol. The molecule has 0 aliphatic carbocycles. The number of benzene rings is 2. The quantitative estimate of drug-likeness (QED) is 0.152. The van der Waals surface area contributed by atoms with Gasteiger partial charge in [0.15, 0.2) is 6.19 Å². The fraction of sp³-hybridized carbons (Fsp3) is 0.406. The molecule has 2 atom stereocenters. The molecule has 1 N–H and O–H groups in total. The predicted molar refractivity (Wildman–Crippen MR) is 156 cm³/mol. The van der Waals surface area contributed by atoms with Gasteiger partial charge in [-0.1, -0.05) is 37.3 Å². The van der Waals surface area contributed by atoms with Gasteiger partial charge in [-0.05, 0) is 74.6 Å². The van der Waals surface area contributed by atoms with E-state index in [0.717, 1.165) is 10.5 Å². The summed E-state index contributed by atoms with van der Waals surface area (Å²) in [5.74, 6) is 0.450. The third kappa shape index (κ3) is 7.79. The number of hydrogen-bond donors (Lipinski definition) is 1. The Morgan fingerprint density at radius 3 is 2.22 bits per heavy atom. The van der Waals surface area contributed by atoms with E-state index in [4.69, 9.17) is 9.72 Å². The van der Waals surface area contributed by atoms with Crippen LogP contribution in [0.25, 0.3) is 0 Å². The summed E-state index contributed by atoms with van der Waals surface area (Å²) in [6.45, 7) is 6.88. The summed E-state index contributed by atoms with van der Waals surface area (Å²) in [6, 6.07) is 11.1. The van der Waals surface area contributed by atoms with Crippen molar-refractivity contribution < 1.29 is 35.9 Å². The number of alkyl halides is 6. The minimum absolute atomic E-state index is 0.0521. The predicted octanol–water partition coefficient (Wildman–Crippen LogP) is 8.60. The summed E-state index contributed by atoms with van der Waals surface area (Å²) in [5.41, 5.74) is -1.01. The van der Waals surface area contributed by atoms with Gasteiger partial charge in [0, 0.05) is 12.6 Å². The molecule has 0 radical (unpaired) electrons. The summed E-state index contributed by atoms with van der Waals surface area (Å²) in [7, 11) is 0. The number of ether oxygens (including phenoxy) is 1. The van der Waals surface area contributed by atoms with E-state index >= 15 is 0 Å². The van der Waals surface area contributed by atoms with Crippen LogP contribution in [-0.2, 0) is 30.2 Å². The third-order valence-corrected chi connectivity index (χ3v) is 7.47. The fourth-order valence-corrected chi connectivity index (χ4v) is 5.34.